The molecule has 0 aliphatic heterocycles. The van der Waals surface area contributed by atoms with Crippen LogP contribution in [0.2, 0.25) is 0 Å². The molecule has 1 amide bonds. The second-order valence-electron chi connectivity index (χ2n) is 3.21. The number of rotatable bonds is 4. The van der Waals surface area contributed by atoms with Crippen molar-refractivity contribution in [2.24, 2.45) is 0 Å². The molecule has 80 valence electrons. The number of aromatic nitrogens is 1. The van der Waals surface area contributed by atoms with Crippen molar-refractivity contribution in [2.45, 2.75) is 6.42 Å². The third-order valence-corrected chi connectivity index (χ3v) is 2.97. The number of aliphatic hydroxyl groups excluding tert-OH is 1. The van der Waals surface area contributed by atoms with Crippen LogP contribution >= 0.6 is 11.3 Å². The van der Waals surface area contributed by atoms with Gasteiger partial charge in [-0.15, -0.1) is 11.3 Å². The molecule has 15 heavy (non-hydrogen) atoms. The van der Waals surface area contributed by atoms with Crippen LogP contribution in [0.1, 0.15) is 16.9 Å². The lowest BCUT2D eigenvalue weighted by molar-refractivity contribution is 0.0947. The highest BCUT2D eigenvalue weighted by atomic mass is 32.1. The second kappa shape index (κ2) is 4.46. The molecule has 0 radical (unpaired) electrons. The third kappa shape index (κ3) is 2.19. The number of H-pyrrole nitrogens is 1. The van der Waals surface area contributed by atoms with E-state index in [1.807, 2.05) is 17.5 Å². The number of hydrogen-bond acceptors (Lipinski definition) is 3. The Hall–Kier alpha value is -1.33. The van der Waals surface area contributed by atoms with E-state index >= 15 is 0 Å². The summed E-state index contributed by atoms with van der Waals surface area (Å²) in [4.78, 5) is 14.6. The Kier molecular flexibility index (Phi) is 3.03. The maximum Gasteiger partial charge on any atom is 0.267 e. The number of thiophene rings is 1. The summed E-state index contributed by atoms with van der Waals surface area (Å²) >= 11 is 1.60. The van der Waals surface area contributed by atoms with Gasteiger partial charge in [0.25, 0.3) is 5.91 Å². The van der Waals surface area contributed by atoms with E-state index in [2.05, 4.69) is 10.3 Å². The highest BCUT2D eigenvalue weighted by molar-refractivity contribution is 7.17. The van der Waals surface area contributed by atoms with Crippen LogP contribution in [-0.2, 0) is 0 Å². The average Bonchev–Trinajstić information content (AvgIpc) is 2.76. The van der Waals surface area contributed by atoms with Gasteiger partial charge in [0.2, 0.25) is 0 Å². The summed E-state index contributed by atoms with van der Waals surface area (Å²) < 4.78 is 1.09. The van der Waals surface area contributed by atoms with Crippen molar-refractivity contribution in [3.8, 4) is 0 Å². The number of carbonyl (C=O) groups is 1. The zero-order valence-electron chi connectivity index (χ0n) is 8.12. The highest BCUT2D eigenvalue weighted by Crippen LogP contribution is 2.20. The van der Waals surface area contributed by atoms with Crippen LogP contribution in [0.25, 0.3) is 10.2 Å². The lowest BCUT2D eigenvalue weighted by atomic mass is 10.4. The van der Waals surface area contributed by atoms with E-state index in [9.17, 15) is 4.79 Å². The van der Waals surface area contributed by atoms with Gasteiger partial charge in [-0.25, -0.2) is 0 Å². The molecule has 0 bridgehead atoms. The maximum atomic E-state index is 11.6. The zero-order chi connectivity index (χ0) is 10.7. The molecule has 2 aromatic heterocycles. The van der Waals surface area contributed by atoms with E-state index in [0.717, 1.165) is 10.2 Å². The van der Waals surface area contributed by atoms with Gasteiger partial charge in [0.1, 0.15) is 5.69 Å². The predicted octanol–water partition coefficient (Wildman–Crippen LogP) is 1.34. The standard InChI is InChI=1S/C10H12N2O2S/c13-4-1-3-11-10(14)8-6-9-7(12-8)2-5-15-9/h2,5-6,12-13H,1,3-4H2,(H,11,14). The Morgan fingerprint density at radius 1 is 1.60 bits per heavy atom. The highest BCUT2D eigenvalue weighted by Gasteiger charge is 2.08. The topological polar surface area (TPSA) is 65.1 Å². The monoisotopic (exact) mass is 224 g/mol. The average molecular weight is 224 g/mol. The van der Waals surface area contributed by atoms with Gasteiger partial charge >= 0.3 is 0 Å². The van der Waals surface area contributed by atoms with Crippen LogP contribution in [0.15, 0.2) is 17.5 Å². The number of fused-ring (bicyclic) bond motifs is 1. The van der Waals surface area contributed by atoms with E-state index in [0.29, 0.717) is 18.7 Å². The molecule has 2 rings (SSSR count). The number of hydrogen-bond donors (Lipinski definition) is 3. The summed E-state index contributed by atoms with van der Waals surface area (Å²) in [5, 5.41) is 13.3. The Morgan fingerprint density at radius 3 is 3.20 bits per heavy atom. The number of aromatic amines is 1. The number of nitrogens with one attached hydrogen (secondary N) is 2. The molecule has 0 saturated heterocycles. The lowest BCUT2D eigenvalue weighted by Crippen LogP contribution is -2.25. The van der Waals surface area contributed by atoms with Crippen molar-refractivity contribution < 1.29 is 9.90 Å². The Bertz CT molecular complexity index is 432. The Labute approximate surface area is 90.9 Å². The quantitative estimate of drug-likeness (QED) is 0.686. The number of aliphatic hydroxyl groups is 1. The van der Waals surface area contributed by atoms with Crippen LogP contribution < -0.4 is 5.32 Å². The minimum absolute atomic E-state index is 0.0973. The van der Waals surface area contributed by atoms with Crippen LogP contribution in [0, 0.1) is 0 Å². The summed E-state index contributed by atoms with van der Waals surface area (Å²) in [7, 11) is 0. The fraction of sp³-hybridized carbons (Fsp3) is 0.300. The van der Waals surface area contributed by atoms with Crippen LogP contribution in [0.5, 0.6) is 0 Å². The molecular weight excluding hydrogens is 212 g/mol. The van der Waals surface area contributed by atoms with E-state index in [1.165, 1.54) is 0 Å². The minimum Gasteiger partial charge on any atom is -0.396 e. The molecule has 5 heteroatoms. The fourth-order valence-corrected chi connectivity index (χ4v) is 2.13. The normalized spacial score (nSPS) is 10.7. The fourth-order valence-electron chi connectivity index (χ4n) is 1.35. The van der Waals surface area contributed by atoms with Crippen molar-refractivity contribution in [1.82, 2.24) is 10.3 Å². The molecule has 0 saturated carbocycles. The van der Waals surface area contributed by atoms with Gasteiger partial charge in [-0.2, -0.15) is 0 Å². The molecule has 2 aromatic rings. The van der Waals surface area contributed by atoms with Crippen molar-refractivity contribution in [1.29, 1.82) is 0 Å². The van der Waals surface area contributed by atoms with Gasteiger partial charge in [-0.3, -0.25) is 4.79 Å². The molecule has 0 spiro atoms. The molecule has 0 fully saturated rings. The van der Waals surface area contributed by atoms with Gasteiger partial charge in [-0.05, 0) is 23.9 Å². The van der Waals surface area contributed by atoms with Gasteiger partial charge in [0, 0.05) is 13.2 Å². The summed E-state index contributed by atoms with van der Waals surface area (Å²) in [5.41, 5.74) is 1.57. The molecular formula is C10H12N2O2S. The first-order valence-corrected chi connectivity index (χ1v) is 5.64. The predicted molar refractivity (Wildman–Crippen MR) is 60.2 cm³/mol. The molecule has 0 aliphatic carbocycles. The smallest absolute Gasteiger partial charge is 0.267 e. The molecule has 0 atom stereocenters. The summed E-state index contributed by atoms with van der Waals surface area (Å²) in [6.07, 6.45) is 0.584. The van der Waals surface area contributed by atoms with E-state index < -0.39 is 0 Å². The van der Waals surface area contributed by atoms with Crippen molar-refractivity contribution in [3.05, 3.63) is 23.2 Å². The molecule has 4 nitrogen and oxygen atoms in total. The molecule has 0 aliphatic rings. The summed E-state index contributed by atoms with van der Waals surface area (Å²) in [5.74, 6) is -0.119. The van der Waals surface area contributed by atoms with Crippen molar-refractivity contribution in [3.63, 3.8) is 0 Å². The first-order valence-electron chi connectivity index (χ1n) is 4.76. The Balaban J connectivity index is 2.04. The third-order valence-electron chi connectivity index (χ3n) is 2.11. The van der Waals surface area contributed by atoms with Gasteiger partial charge in [-0.1, -0.05) is 0 Å². The van der Waals surface area contributed by atoms with Crippen molar-refractivity contribution in [2.75, 3.05) is 13.2 Å². The maximum absolute atomic E-state index is 11.6. The minimum atomic E-state index is -0.119. The first kappa shape index (κ1) is 10.2. The largest absolute Gasteiger partial charge is 0.396 e. The van der Waals surface area contributed by atoms with Crippen LogP contribution in [0.4, 0.5) is 0 Å². The summed E-state index contributed by atoms with van der Waals surface area (Å²) in [6, 6.07) is 3.79. The van der Waals surface area contributed by atoms with E-state index in [-0.39, 0.29) is 12.5 Å². The first-order chi connectivity index (χ1) is 7.31. The second-order valence-corrected chi connectivity index (χ2v) is 4.16. The molecule has 0 unspecified atom stereocenters. The van der Waals surface area contributed by atoms with Crippen LogP contribution in [0.3, 0.4) is 0 Å². The Morgan fingerprint density at radius 2 is 2.47 bits per heavy atom. The zero-order valence-corrected chi connectivity index (χ0v) is 8.93. The number of amides is 1. The van der Waals surface area contributed by atoms with Gasteiger partial charge < -0.3 is 15.4 Å². The van der Waals surface area contributed by atoms with Crippen LogP contribution in [-0.4, -0.2) is 29.1 Å². The lowest BCUT2D eigenvalue weighted by Gasteiger charge is -2.00. The van der Waals surface area contributed by atoms with E-state index in [1.54, 1.807) is 11.3 Å². The SMILES string of the molecule is O=C(NCCCO)c1cc2sccc2[nH]1. The van der Waals surface area contributed by atoms with Crippen molar-refractivity contribution >= 4 is 27.5 Å². The van der Waals surface area contributed by atoms with Gasteiger partial charge in [0.15, 0.2) is 0 Å². The van der Waals surface area contributed by atoms with Gasteiger partial charge in [0.05, 0.1) is 10.2 Å². The molecule has 2 heterocycles. The summed E-state index contributed by atoms with van der Waals surface area (Å²) in [6.45, 7) is 0.599. The number of carbonyl (C=O) groups excluding carboxylic acids is 1. The van der Waals surface area contributed by atoms with E-state index in [4.69, 9.17) is 5.11 Å². The molecule has 0 aromatic carbocycles. The molecule has 3 N–H and O–H groups in total.